The van der Waals surface area contributed by atoms with Gasteiger partial charge in [-0.15, -0.1) is 0 Å². The molecule has 0 aliphatic heterocycles. The van der Waals surface area contributed by atoms with Gasteiger partial charge in [-0.25, -0.2) is 4.98 Å². The molecule has 0 aliphatic carbocycles. The van der Waals surface area contributed by atoms with Crippen LogP contribution >= 0.6 is 0 Å². The van der Waals surface area contributed by atoms with E-state index in [4.69, 9.17) is 10.5 Å². The quantitative estimate of drug-likeness (QED) is 0.726. The van der Waals surface area contributed by atoms with E-state index in [-0.39, 0.29) is 5.82 Å². The summed E-state index contributed by atoms with van der Waals surface area (Å²) in [6.07, 6.45) is 0. The number of hydrogen-bond acceptors (Lipinski definition) is 4. The van der Waals surface area contributed by atoms with Gasteiger partial charge >= 0.3 is 0 Å². The zero-order valence-electron chi connectivity index (χ0n) is 7.57. The zero-order valence-corrected chi connectivity index (χ0v) is 7.57. The van der Waals surface area contributed by atoms with Crippen molar-refractivity contribution >= 4 is 5.91 Å². The number of ether oxygens (including phenoxy) is 1. The molecule has 5 heteroatoms. The Hall–Kier alpha value is -1.65. The Labute approximate surface area is 75.9 Å². The van der Waals surface area contributed by atoms with Crippen LogP contribution in [0.25, 0.3) is 0 Å². The molecule has 1 aromatic heterocycles. The molecule has 0 saturated heterocycles. The molecule has 0 fully saturated rings. The summed E-state index contributed by atoms with van der Waals surface area (Å²) in [5.41, 5.74) is 5.69. The average molecular weight is 181 g/mol. The van der Waals surface area contributed by atoms with Crippen molar-refractivity contribution in [2.45, 2.75) is 13.8 Å². The van der Waals surface area contributed by atoms with E-state index in [1.807, 2.05) is 6.92 Å². The fourth-order valence-corrected chi connectivity index (χ4v) is 0.872. The largest absolute Gasteiger partial charge is 0.478 e. The van der Waals surface area contributed by atoms with E-state index in [0.717, 1.165) is 0 Å². The molecular weight excluding hydrogens is 170 g/mol. The number of aromatic nitrogens is 2. The third-order valence-corrected chi connectivity index (χ3v) is 1.34. The van der Waals surface area contributed by atoms with E-state index in [0.29, 0.717) is 18.2 Å². The summed E-state index contributed by atoms with van der Waals surface area (Å²) in [7, 11) is 0. The van der Waals surface area contributed by atoms with E-state index >= 15 is 0 Å². The molecule has 70 valence electrons. The van der Waals surface area contributed by atoms with Gasteiger partial charge in [-0.3, -0.25) is 4.79 Å². The average Bonchev–Trinajstić information content (AvgIpc) is 2.03. The third kappa shape index (κ3) is 2.40. The molecule has 1 rings (SSSR count). The van der Waals surface area contributed by atoms with Gasteiger partial charge in [-0.1, -0.05) is 0 Å². The number of carbonyl (C=O) groups excluding carboxylic acids is 1. The van der Waals surface area contributed by atoms with Crippen LogP contribution in [0.3, 0.4) is 0 Å². The Balaban J connectivity index is 3.03. The molecule has 0 aromatic carbocycles. The molecule has 0 atom stereocenters. The van der Waals surface area contributed by atoms with E-state index < -0.39 is 5.91 Å². The molecule has 1 amide bonds. The first kappa shape index (κ1) is 9.44. The second-order valence-electron chi connectivity index (χ2n) is 2.47. The Bertz CT molecular complexity index is 325. The van der Waals surface area contributed by atoms with Crippen molar-refractivity contribution in [3.8, 4) is 5.88 Å². The maximum Gasteiger partial charge on any atom is 0.286 e. The molecule has 13 heavy (non-hydrogen) atoms. The van der Waals surface area contributed by atoms with Gasteiger partial charge in [0, 0.05) is 11.8 Å². The lowest BCUT2D eigenvalue weighted by Crippen LogP contribution is -2.16. The van der Waals surface area contributed by atoms with Crippen LogP contribution in [-0.2, 0) is 0 Å². The number of rotatable bonds is 3. The molecule has 5 nitrogen and oxygen atoms in total. The monoisotopic (exact) mass is 181 g/mol. The number of amides is 1. The molecule has 0 aliphatic rings. The first-order valence-corrected chi connectivity index (χ1v) is 3.91. The lowest BCUT2D eigenvalue weighted by atomic mass is 10.4. The molecule has 1 heterocycles. The van der Waals surface area contributed by atoms with E-state index in [1.54, 1.807) is 13.0 Å². The molecule has 0 unspecified atom stereocenters. The highest BCUT2D eigenvalue weighted by Crippen LogP contribution is 2.08. The van der Waals surface area contributed by atoms with E-state index in [2.05, 4.69) is 9.97 Å². The number of carbonyl (C=O) groups is 1. The summed E-state index contributed by atoms with van der Waals surface area (Å²) in [4.78, 5) is 18.4. The van der Waals surface area contributed by atoms with Crippen molar-refractivity contribution < 1.29 is 9.53 Å². The van der Waals surface area contributed by atoms with Crippen LogP contribution in [0.1, 0.15) is 23.2 Å². The van der Waals surface area contributed by atoms with Crippen LogP contribution in [0.2, 0.25) is 0 Å². The van der Waals surface area contributed by atoms with Gasteiger partial charge < -0.3 is 10.5 Å². The lowest BCUT2D eigenvalue weighted by Gasteiger charge is -2.03. The first-order valence-electron chi connectivity index (χ1n) is 3.91. The second-order valence-corrected chi connectivity index (χ2v) is 2.47. The molecule has 2 N–H and O–H groups in total. The standard InChI is InChI=1S/C8H11N3O2/c1-3-13-6-4-5(2)10-8(11-6)7(9)12/h4H,3H2,1-2H3,(H2,9,12). The second kappa shape index (κ2) is 3.84. The Kier molecular flexibility index (Phi) is 2.79. The SMILES string of the molecule is CCOc1cc(C)nc(C(N)=O)n1. The number of nitrogens with zero attached hydrogens (tertiary/aromatic N) is 2. The smallest absolute Gasteiger partial charge is 0.286 e. The van der Waals surface area contributed by atoms with Gasteiger partial charge in [0.05, 0.1) is 6.61 Å². The fraction of sp³-hybridized carbons (Fsp3) is 0.375. The van der Waals surface area contributed by atoms with Crippen molar-refractivity contribution in [2.75, 3.05) is 6.61 Å². The number of aryl methyl sites for hydroxylation is 1. The van der Waals surface area contributed by atoms with Gasteiger partial charge in [-0.05, 0) is 13.8 Å². The summed E-state index contributed by atoms with van der Waals surface area (Å²) in [6.45, 7) is 4.08. The number of primary amides is 1. The van der Waals surface area contributed by atoms with E-state index in [9.17, 15) is 4.79 Å². The van der Waals surface area contributed by atoms with Crippen LogP contribution in [0.15, 0.2) is 6.07 Å². The predicted octanol–water partition coefficient (Wildman–Crippen LogP) is 0.283. The number of nitrogens with two attached hydrogens (primary N) is 1. The van der Waals surface area contributed by atoms with Crippen LogP contribution in [-0.4, -0.2) is 22.5 Å². The minimum atomic E-state index is -0.648. The molecule has 0 radical (unpaired) electrons. The van der Waals surface area contributed by atoms with Crippen molar-refractivity contribution in [3.05, 3.63) is 17.6 Å². The summed E-state index contributed by atoms with van der Waals surface area (Å²) < 4.78 is 5.12. The molecular formula is C8H11N3O2. The van der Waals surface area contributed by atoms with Gasteiger partial charge in [0.1, 0.15) is 0 Å². The minimum absolute atomic E-state index is 0.0107. The Morgan fingerprint density at radius 3 is 2.85 bits per heavy atom. The van der Waals surface area contributed by atoms with Crippen LogP contribution < -0.4 is 10.5 Å². The number of hydrogen-bond donors (Lipinski definition) is 1. The topological polar surface area (TPSA) is 78.1 Å². The molecule has 0 spiro atoms. The van der Waals surface area contributed by atoms with Crippen LogP contribution in [0, 0.1) is 6.92 Å². The first-order chi connectivity index (χ1) is 6.13. The van der Waals surface area contributed by atoms with Gasteiger partial charge in [0.15, 0.2) is 0 Å². The maximum absolute atomic E-state index is 10.8. The molecule has 0 bridgehead atoms. The highest BCUT2D eigenvalue weighted by Gasteiger charge is 2.07. The summed E-state index contributed by atoms with van der Waals surface area (Å²) in [6, 6.07) is 1.65. The summed E-state index contributed by atoms with van der Waals surface area (Å²) >= 11 is 0. The maximum atomic E-state index is 10.8. The van der Waals surface area contributed by atoms with Crippen molar-refractivity contribution in [1.82, 2.24) is 9.97 Å². The zero-order chi connectivity index (χ0) is 9.84. The summed E-state index contributed by atoms with van der Waals surface area (Å²) in [5.74, 6) is -0.281. The normalized spacial score (nSPS) is 9.69. The van der Waals surface area contributed by atoms with Gasteiger partial charge in [0.25, 0.3) is 5.91 Å². The minimum Gasteiger partial charge on any atom is -0.478 e. The van der Waals surface area contributed by atoms with Crippen molar-refractivity contribution in [3.63, 3.8) is 0 Å². The lowest BCUT2D eigenvalue weighted by molar-refractivity contribution is 0.0989. The summed E-state index contributed by atoms with van der Waals surface area (Å²) in [5, 5.41) is 0. The third-order valence-electron chi connectivity index (χ3n) is 1.34. The highest BCUT2D eigenvalue weighted by atomic mass is 16.5. The van der Waals surface area contributed by atoms with Gasteiger partial charge in [0.2, 0.25) is 11.7 Å². The van der Waals surface area contributed by atoms with Crippen LogP contribution in [0.4, 0.5) is 0 Å². The fourth-order valence-electron chi connectivity index (χ4n) is 0.872. The molecule has 0 saturated carbocycles. The Morgan fingerprint density at radius 2 is 2.31 bits per heavy atom. The highest BCUT2D eigenvalue weighted by molar-refractivity contribution is 5.88. The van der Waals surface area contributed by atoms with Gasteiger partial charge in [-0.2, -0.15) is 4.98 Å². The predicted molar refractivity (Wildman–Crippen MR) is 46.5 cm³/mol. The van der Waals surface area contributed by atoms with Crippen molar-refractivity contribution in [2.24, 2.45) is 5.73 Å². The van der Waals surface area contributed by atoms with E-state index in [1.165, 1.54) is 0 Å². The molecule has 1 aromatic rings. The van der Waals surface area contributed by atoms with Crippen molar-refractivity contribution in [1.29, 1.82) is 0 Å². The Morgan fingerprint density at radius 1 is 1.62 bits per heavy atom. The van der Waals surface area contributed by atoms with Crippen LogP contribution in [0.5, 0.6) is 5.88 Å².